The van der Waals surface area contributed by atoms with Crippen molar-refractivity contribution < 1.29 is 19.5 Å². The molecule has 0 saturated carbocycles. The number of amides is 2. The number of aliphatic carboxylic acids is 1. The van der Waals surface area contributed by atoms with Gasteiger partial charge in [0.05, 0.1) is 5.02 Å². The molecule has 0 bridgehead atoms. The molecule has 0 unspecified atom stereocenters. The number of hydrogen-bond acceptors (Lipinski definition) is 3. The second-order valence-corrected chi connectivity index (χ2v) is 6.39. The molecule has 0 atom stereocenters. The van der Waals surface area contributed by atoms with Gasteiger partial charge in [0.1, 0.15) is 0 Å². The van der Waals surface area contributed by atoms with Crippen LogP contribution in [0.3, 0.4) is 0 Å². The molecule has 0 radical (unpaired) electrons. The highest BCUT2D eigenvalue weighted by atomic mass is 79.9. The van der Waals surface area contributed by atoms with Crippen molar-refractivity contribution in [2.75, 3.05) is 10.6 Å². The first-order valence-corrected chi connectivity index (χ1v) is 8.40. The van der Waals surface area contributed by atoms with Crippen molar-refractivity contribution in [3.8, 4) is 0 Å². The Balaban J connectivity index is 1.93. The SMILES string of the molecule is O=C(O)CCc1ccc(NC(=O)C(=O)Nc2ccc(Br)c(Cl)c2)cc1. The number of anilines is 2. The minimum absolute atomic E-state index is 0.0316. The predicted molar refractivity (Wildman–Crippen MR) is 98.8 cm³/mol. The molecule has 0 aliphatic carbocycles. The number of benzene rings is 2. The maximum Gasteiger partial charge on any atom is 0.314 e. The molecule has 0 fully saturated rings. The number of nitrogens with one attached hydrogen (secondary N) is 2. The first kappa shape index (κ1) is 19.0. The van der Waals surface area contributed by atoms with E-state index in [0.29, 0.717) is 27.3 Å². The fourth-order valence-corrected chi connectivity index (χ4v) is 2.38. The summed E-state index contributed by atoms with van der Waals surface area (Å²) >= 11 is 9.17. The first-order chi connectivity index (χ1) is 11.8. The first-order valence-electron chi connectivity index (χ1n) is 7.23. The number of carboxylic acid groups (broad SMARTS) is 1. The molecule has 0 heterocycles. The molecular formula is C17H14BrClN2O4. The van der Waals surface area contributed by atoms with Crippen LogP contribution in [0.15, 0.2) is 46.9 Å². The Hall–Kier alpha value is -2.38. The van der Waals surface area contributed by atoms with Crippen molar-refractivity contribution in [1.29, 1.82) is 0 Å². The molecule has 6 nitrogen and oxygen atoms in total. The zero-order chi connectivity index (χ0) is 18.4. The van der Waals surface area contributed by atoms with Crippen LogP contribution in [0, 0.1) is 0 Å². The van der Waals surface area contributed by atoms with Gasteiger partial charge in [-0.3, -0.25) is 14.4 Å². The van der Waals surface area contributed by atoms with E-state index < -0.39 is 17.8 Å². The van der Waals surface area contributed by atoms with Gasteiger partial charge in [-0.25, -0.2) is 0 Å². The molecule has 130 valence electrons. The third-order valence-corrected chi connectivity index (χ3v) is 4.46. The second-order valence-electron chi connectivity index (χ2n) is 5.13. The molecule has 0 aliphatic heterocycles. The number of carbonyl (C=O) groups is 3. The molecule has 2 rings (SSSR count). The van der Waals surface area contributed by atoms with Gasteiger partial charge in [-0.2, -0.15) is 0 Å². The number of carboxylic acids is 1. The summed E-state index contributed by atoms with van der Waals surface area (Å²) in [6, 6.07) is 11.4. The summed E-state index contributed by atoms with van der Waals surface area (Å²) in [6.45, 7) is 0. The highest BCUT2D eigenvalue weighted by Crippen LogP contribution is 2.25. The van der Waals surface area contributed by atoms with Crippen LogP contribution in [-0.4, -0.2) is 22.9 Å². The van der Waals surface area contributed by atoms with E-state index in [9.17, 15) is 14.4 Å². The largest absolute Gasteiger partial charge is 0.481 e. The van der Waals surface area contributed by atoms with E-state index in [4.69, 9.17) is 16.7 Å². The third kappa shape index (κ3) is 5.88. The van der Waals surface area contributed by atoms with E-state index in [0.717, 1.165) is 5.56 Å². The van der Waals surface area contributed by atoms with E-state index in [1.54, 1.807) is 36.4 Å². The van der Waals surface area contributed by atoms with Crippen molar-refractivity contribution in [3.63, 3.8) is 0 Å². The smallest absolute Gasteiger partial charge is 0.314 e. The van der Waals surface area contributed by atoms with Gasteiger partial charge in [0.15, 0.2) is 0 Å². The van der Waals surface area contributed by atoms with Crippen LogP contribution in [0.4, 0.5) is 11.4 Å². The topological polar surface area (TPSA) is 95.5 Å². The lowest BCUT2D eigenvalue weighted by Gasteiger charge is -2.08. The van der Waals surface area contributed by atoms with Crippen LogP contribution >= 0.6 is 27.5 Å². The second kappa shape index (κ2) is 8.64. The van der Waals surface area contributed by atoms with Gasteiger partial charge in [-0.05, 0) is 58.2 Å². The molecular weight excluding hydrogens is 412 g/mol. The Labute approximate surface area is 157 Å². The van der Waals surface area contributed by atoms with Crippen molar-refractivity contribution in [2.45, 2.75) is 12.8 Å². The normalized spacial score (nSPS) is 10.2. The average Bonchev–Trinajstić information content (AvgIpc) is 2.57. The lowest BCUT2D eigenvalue weighted by Crippen LogP contribution is -2.29. The van der Waals surface area contributed by atoms with Gasteiger partial charge in [0.25, 0.3) is 0 Å². The molecule has 0 aromatic heterocycles. The standard InChI is InChI=1S/C17H14BrClN2O4/c18-13-7-6-12(9-14(13)19)21-17(25)16(24)20-11-4-1-10(2-5-11)3-8-15(22)23/h1-2,4-7,9H,3,8H2,(H,20,24)(H,21,25)(H,22,23). The van der Waals surface area contributed by atoms with Crippen LogP contribution in [0.5, 0.6) is 0 Å². The molecule has 2 aromatic carbocycles. The molecule has 2 aromatic rings. The number of hydrogen-bond donors (Lipinski definition) is 3. The van der Waals surface area contributed by atoms with Crippen molar-refractivity contribution in [2.24, 2.45) is 0 Å². The minimum atomic E-state index is -0.873. The number of aryl methyl sites for hydroxylation is 1. The Morgan fingerprint density at radius 2 is 1.52 bits per heavy atom. The van der Waals surface area contributed by atoms with E-state index in [1.165, 1.54) is 6.07 Å². The van der Waals surface area contributed by atoms with Gasteiger partial charge in [-0.1, -0.05) is 23.7 Å². The Kier molecular flexibility index (Phi) is 6.55. The summed E-state index contributed by atoms with van der Waals surface area (Å²) in [5.74, 6) is -2.52. The number of carbonyl (C=O) groups excluding carboxylic acids is 2. The summed E-state index contributed by atoms with van der Waals surface area (Å²) in [7, 11) is 0. The fourth-order valence-electron chi connectivity index (χ4n) is 1.96. The van der Waals surface area contributed by atoms with Crippen LogP contribution in [0.1, 0.15) is 12.0 Å². The summed E-state index contributed by atoms with van der Waals surface area (Å²) in [4.78, 5) is 34.4. The summed E-state index contributed by atoms with van der Waals surface area (Å²) < 4.78 is 0.680. The number of halogens is 2. The lowest BCUT2D eigenvalue weighted by molar-refractivity contribution is -0.137. The van der Waals surface area contributed by atoms with Crippen LogP contribution in [0.2, 0.25) is 5.02 Å². The third-order valence-electron chi connectivity index (χ3n) is 3.22. The van der Waals surface area contributed by atoms with Gasteiger partial charge >= 0.3 is 17.8 Å². The van der Waals surface area contributed by atoms with Gasteiger partial charge in [-0.15, -0.1) is 0 Å². The average molecular weight is 426 g/mol. The Morgan fingerprint density at radius 1 is 0.960 bits per heavy atom. The highest BCUT2D eigenvalue weighted by molar-refractivity contribution is 9.10. The van der Waals surface area contributed by atoms with Crippen LogP contribution in [0.25, 0.3) is 0 Å². The highest BCUT2D eigenvalue weighted by Gasteiger charge is 2.14. The maximum atomic E-state index is 11.9. The maximum absolute atomic E-state index is 11.9. The summed E-state index contributed by atoms with van der Waals surface area (Å²) in [5, 5.41) is 14.0. The van der Waals surface area contributed by atoms with E-state index in [-0.39, 0.29) is 6.42 Å². The van der Waals surface area contributed by atoms with Gasteiger partial charge in [0.2, 0.25) is 0 Å². The van der Waals surface area contributed by atoms with E-state index in [2.05, 4.69) is 26.6 Å². The molecule has 3 N–H and O–H groups in total. The quantitative estimate of drug-likeness (QED) is 0.637. The van der Waals surface area contributed by atoms with E-state index in [1.807, 2.05) is 0 Å². The number of rotatable bonds is 5. The molecule has 0 spiro atoms. The molecule has 2 amide bonds. The zero-order valence-corrected chi connectivity index (χ0v) is 15.2. The Morgan fingerprint density at radius 3 is 2.08 bits per heavy atom. The van der Waals surface area contributed by atoms with Gasteiger partial charge in [0, 0.05) is 22.3 Å². The van der Waals surface area contributed by atoms with Gasteiger partial charge < -0.3 is 15.7 Å². The Bertz CT molecular complexity index is 809. The fraction of sp³-hybridized carbons (Fsp3) is 0.118. The molecule has 8 heteroatoms. The molecule has 25 heavy (non-hydrogen) atoms. The van der Waals surface area contributed by atoms with Crippen LogP contribution in [-0.2, 0) is 20.8 Å². The summed E-state index contributed by atoms with van der Waals surface area (Å²) in [6.07, 6.45) is 0.429. The van der Waals surface area contributed by atoms with Crippen molar-refractivity contribution in [1.82, 2.24) is 0 Å². The predicted octanol–water partition coefficient (Wildman–Crippen LogP) is 3.70. The van der Waals surface area contributed by atoms with Crippen LogP contribution < -0.4 is 10.6 Å². The lowest BCUT2D eigenvalue weighted by atomic mass is 10.1. The molecule has 0 aliphatic rings. The summed E-state index contributed by atoms with van der Waals surface area (Å²) in [5.41, 5.74) is 1.67. The van der Waals surface area contributed by atoms with Crippen molar-refractivity contribution in [3.05, 3.63) is 57.5 Å². The van der Waals surface area contributed by atoms with E-state index >= 15 is 0 Å². The zero-order valence-electron chi connectivity index (χ0n) is 12.9. The molecule has 0 saturated heterocycles. The monoisotopic (exact) mass is 424 g/mol. The van der Waals surface area contributed by atoms with Crippen molar-refractivity contribution >= 4 is 56.7 Å². The minimum Gasteiger partial charge on any atom is -0.481 e.